The number of hydrogen-bond donors (Lipinski definition) is 0. The average molecular weight is 335 g/mol. The molecule has 124 valence electrons. The summed E-state index contributed by atoms with van der Waals surface area (Å²) in [4.78, 5) is 26.3. The van der Waals surface area contributed by atoms with Crippen molar-refractivity contribution < 1.29 is 19.1 Å². The van der Waals surface area contributed by atoms with Gasteiger partial charge in [-0.1, -0.05) is 6.92 Å². The van der Waals surface area contributed by atoms with E-state index in [0.717, 1.165) is 29.3 Å². The molecule has 0 bridgehead atoms. The predicted octanol–water partition coefficient (Wildman–Crippen LogP) is 3.85. The SMILES string of the molecule is CC[C@H](C)N1C(=O)S/C(=C/c2cc(OC)c(OC)cc2C)C1=O. The zero-order valence-corrected chi connectivity index (χ0v) is 14.8. The molecular formula is C17H21NO4S. The molecule has 0 saturated carbocycles. The highest BCUT2D eigenvalue weighted by atomic mass is 32.2. The molecule has 0 aliphatic carbocycles. The van der Waals surface area contributed by atoms with E-state index in [4.69, 9.17) is 9.47 Å². The van der Waals surface area contributed by atoms with E-state index >= 15 is 0 Å². The first-order chi connectivity index (χ1) is 10.9. The van der Waals surface area contributed by atoms with E-state index in [1.54, 1.807) is 20.3 Å². The zero-order valence-electron chi connectivity index (χ0n) is 14.0. The number of nitrogens with zero attached hydrogens (tertiary/aromatic N) is 1. The van der Waals surface area contributed by atoms with E-state index in [-0.39, 0.29) is 17.2 Å². The van der Waals surface area contributed by atoms with Gasteiger partial charge < -0.3 is 9.47 Å². The van der Waals surface area contributed by atoms with Crippen LogP contribution in [0.2, 0.25) is 0 Å². The lowest BCUT2D eigenvalue weighted by Crippen LogP contribution is -2.36. The molecule has 5 nitrogen and oxygen atoms in total. The molecule has 0 unspecified atom stereocenters. The van der Waals surface area contributed by atoms with Gasteiger partial charge in [0, 0.05) is 6.04 Å². The zero-order chi connectivity index (χ0) is 17.1. The van der Waals surface area contributed by atoms with Crippen molar-refractivity contribution in [1.29, 1.82) is 0 Å². The van der Waals surface area contributed by atoms with Crippen LogP contribution in [0.5, 0.6) is 11.5 Å². The Morgan fingerprint density at radius 2 is 1.83 bits per heavy atom. The summed E-state index contributed by atoms with van der Waals surface area (Å²) in [6.45, 7) is 5.75. The molecule has 1 aliphatic heterocycles. The summed E-state index contributed by atoms with van der Waals surface area (Å²) in [7, 11) is 3.14. The van der Waals surface area contributed by atoms with Crippen molar-refractivity contribution in [2.24, 2.45) is 0 Å². The van der Waals surface area contributed by atoms with Crippen molar-refractivity contribution in [1.82, 2.24) is 4.90 Å². The second-order valence-corrected chi connectivity index (χ2v) is 6.37. The molecule has 6 heteroatoms. The maximum absolute atomic E-state index is 12.5. The van der Waals surface area contributed by atoms with Crippen LogP contribution in [0.1, 0.15) is 31.4 Å². The van der Waals surface area contributed by atoms with Crippen molar-refractivity contribution in [3.63, 3.8) is 0 Å². The minimum absolute atomic E-state index is 0.0973. The van der Waals surface area contributed by atoms with Gasteiger partial charge >= 0.3 is 0 Å². The van der Waals surface area contributed by atoms with Gasteiger partial charge in [-0.3, -0.25) is 14.5 Å². The Kier molecular flexibility index (Phi) is 5.36. The molecule has 1 fully saturated rings. The molecule has 1 atom stereocenters. The normalized spacial score (nSPS) is 17.8. The van der Waals surface area contributed by atoms with Crippen LogP contribution >= 0.6 is 11.8 Å². The van der Waals surface area contributed by atoms with Crippen molar-refractivity contribution in [3.8, 4) is 11.5 Å². The number of carbonyl (C=O) groups excluding carboxylic acids is 2. The third kappa shape index (κ3) is 3.37. The fourth-order valence-electron chi connectivity index (χ4n) is 2.34. The summed E-state index contributed by atoms with van der Waals surface area (Å²) in [5, 5.41) is -0.214. The molecule has 1 saturated heterocycles. The maximum atomic E-state index is 12.5. The second-order valence-electron chi connectivity index (χ2n) is 5.37. The quantitative estimate of drug-likeness (QED) is 0.765. The molecule has 0 aromatic heterocycles. The monoisotopic (exact) mass is 335 g/mol. The van der Waals surface area contributed by atoms with Gasteiger partial charge in [0.1, 0.15) is 0 Å². The number of thioether (sulfide) groups is 1. The summed E-state index contributed by atoms with van der Waals surface area (Å²) in [5.74, 6) is 0.990. The fourth-order valence-corrected chi connectivity index (χ4v) is 3.26. The Morgan fingerprint density at radius 3 is 2.39 bits per heavy atom. The number of ether oxygens (including phenoxy) is 2. The summed E-state index contributed by atoms with van der Waals surface area (Å²) in [6.07, 6.45) is 2.48. The van der Waals surface area contributed by atoms with Gasteiger partial charge in [0.15, 0.2) is 11.5 Å². The Balaban J connectivity index is 2.39. The van der Waals surface area contributed by atoms with Crippen LogP contribution in [0.4, 0.5) is 4.79 Å². The highest BCUT2D eigenvalue weighted by Gasteiger charge is 2.37. The Hall–Kier alpha value is -1.95. The van der Waals surface area contributed by atoms with Crippen LogP contribution in [-0.2, 0) is 4.79 Å². The van der Waals surface area contributed by atoms with E-state index in [2.05, 4.69) is 0 Å². The van der Waals surface area contributed by atoms with Crippen molar-refractivity contribution in [3.05, 3.63) is 28.2 Å². The molecular weight excluding hydrogens is 314 g/mol. The number of benzene rings is 1. The lowest BCUT2D eigenvalue weighted by atomic mass is 10.1. The smallest absolute Gasteiger partial charge is 0.293 e. The Bertz CT molecular complexity index is 669. The number of rotatable bonds is 5. The van der Waals surface area contributed by atoms with Gasteiger partial charge in [-0.15, -0.1) is 0 Å². The van der Waals surface area contributed by atoms with Gasteiger partial charge in [-0.05, 0) is 61.4 Å². The van der Waals surface area contributed by atoms with Gasteiger partial charge in [0.25, 0.3) is 11.1 Å². The molecule has 1 heterocycles. The van der Waals surface area contributed by atoms with Crippen LogP contribution in [0.25, 0.3) is 6.08 Å². The fraction of sp³-hybridized carbons (Fsp3) is 0.412. The number of imide groups is 1. The second kappa shape index (κ2) is 7.08. The lowest BCUT2D eigenvalue weighted by Gasteiger charge is -2.19. The molecule has 1 aliphatic rings. The summed E-state index contributed by atoms with van der Waals surface area (Å²) < 4.78 is 10.6. The Morgan fingerprint density at radius 1 is 1.22 bits per heavy atom. The predicted molar refractivity (Wildman–Crippen MR) is 91.8 cm³/mol. The van der Waals surface area contributed by atoms with Gasteiger partial charge in [-0.25, -0.2) is 0 Å². The van der Waals surface area contributed by atoms with Crippen LogP contribution < -0.4 is 9.47 Å². The minimum atomic E-state index is -0.233. The van der Waals surface area contributed by atoms with Crippen LogP contribution in [0, 0.1) is 6.92 Å². The minimum Gasteiger partial charge on any atom is -0.493 e. The number of aryl methyl sites for hydroxylation is 1. The van der Waals surface area contributed by atoms with Crippen LogP contribution in [0.3, 0.4) is 0 Å². The first kappa shape index (κ1) is 17.4. The number of carbonyl (C=O) groups is 2. The van der Waals surface area contributed by atoms with Crippen molar-refractivity contribution in [2.75, 3.05) is 14.2 Å². The number of hydrogen-bond acceptors (Lipinski definition) is 5. The molecule has 0 radical (unpaired) electrons. The average Bonchev–Trinajstić information content (AvgIpc) is 2.82. The number of methoxy groups -OCH3 is 2. The summed E-state index contributed by atoms with van der Waals surface area (Å²) in [5.41, 5.74) is 1.77. The van der Waals surface area contributed by atoms with Crippen LogP contribution in [0.15, 0.2) is 17.0 Å². The summed E-state index contributed by atoms with van der Waals surface area (Å²) >= 11 is 0.979. The van der Waals surface area contributed by atoms with E-state index in [1.165, 1.54) is 4.90 Å². The van der Waals surface area contributed by atoms with E-state index in [0.29, 0.717) is 16.4 Å². The van der Waals surface area contributed by atoms with Crippen LogP contribution in [-0.4, -0.2) is 36.3 Å². The largest absolute Gasteiger partial charge is 0.493 e. The summed E-state index contributed by atoms with van der Waals surface area (Å²) in [6, 6.07) is 3.56. The highest BCUT2D eigenvalue weighted by Crippen LogP contribution is 2.36. The highest BCUT2D eigenvalue weighted by molar-refractivity contribution is 8.18. The van der Waals surface area contributed by atoms with Crippen molar-refractivity contribution in [2.45, 2.75) is 33.2 Å². The molecule has 1 aromatic carbocycles. The first-order valence-electron chi connectivity index (χ1n) is 7.42. The third-order valence-electron chi connectivity index (χ3n) is 3.91. The van der Waals surface area contributed by atoms with Gasteiger partial charge in [0.2, 0.25) is 0 Å². The first-order valence-corrected chi connectivity index (χ1v) is 8.24. The molecule has 2 rings (SSSR count). The number of amides is 2. The van der Waals surface area contributed by atoms with E-state index in [1.807, 2.05) is 32.9 Å². The molecule has 23 heavy (non-hydrogen) atoms. The standard InChI is InChI=1S/C17H21NO4S/c1-6-11(3)18-16(19)15(23-17(18)20)9-12-8-14(22-5)13(21-4)7-10(12)2/h7-9,11H,6H2,1-5H3/b15-9+/t11-/m0/s1. The van der Waals surface area contributed by atoms with Gasteiger partial charge in [0.05, 0.1) is 19.1 Å². The maximum Gasteiger partial charge on any atom is 0.293 e. The third-order valence-corrected chi connectivity index (χ3v) is 4.80. The lowest BCUT2D eigenvalue weighted by molar-refractivity contribution is -0.124. The molecule has 0 spiro atoms. The molecule has 1 aromatic rings. The van der Waals surface area contributed by atoms with E-state index < -0.39 is 0 Å². The molecule has 2 amide bonds. The Labute approximate surface area is 140 Å². The van der Waals surface area contributed by atoms with E-state index in [9.17, 15) is 9.59 Å². The van der Waals surface area contributed by atoms with Crippen molar-refractivity contribution >= 4 is 29.0 Å². The topological polar surface area (TPSA) is 55.8 Å². The van der Waals surface area contributed by atoms with Gasteiger partial charge in [-0.2, -0.15) is 0 Å². The molecule has 0 N–H and O–H groups in total.